The fraction of sp³-hybridized carbons (Fsp3) is 0.800. The van der Waals surface area contributed by atoms with Crippen molar-refractivity contribution in [3.63, 3.8) is 0 Å². The Bertz CT molecular complexity index is 402. The molecule has 5 nitrogen and oxygen atoms in total. The molecule has 0 radical (unpaired) electrons. The van der Waals surface area contributed by atoms with Crippen molar-refractivity contribution >= 4 is 30.9 Å². The maximum Gasteiger partial charge on any atom is 0.336 e. The van der Waals surface area contributed by atoms with E-state index in [0.29, 0.717) is 0 Å². The zero-order chi connectivity index (χ0) is 18.7. The summed E-state index contributed by atoms with van der Waals surface area (Å²) in [4.78, 5) is 12.0. The molecule has 0 saturated heterocycles. The van der Waals surface area contributed by atoms with Crippen LogP contribution >= 0.6 is 0 Å². The van der Waals surface area contributed by atoms with Crippen LogP contribution in [0.3, 0.4) is 0 Å². The van der Waals surface area contributed by atoms with E-state index in [1.807, 2.05) is 46.2 Å². The Hall–Kier alpha value is -0.259. The van der Waals surface area contributed by atoms with Crippen LogP contribution < -0.4 is 0 Å². The highest BCUT2D eigenvalue weighted by Crippen LogP contribution is 2.32. The van der Waals surface area contributed by atoms with Crippen LogP contribution in [-0.4, -0.2) is 43.0 Å². The minimum absolute atomic E-state index is 0.531. The van der Waals surface area contributed by atoms with E-state index in [1.165, 1.54) is 0 Å². The molecule has 0 saturated carbocycles. The molecule has 0 fully saturated rings. The van der Waals surface area contributed by atoms with Crippen LogP contribution in [-0.2, 0) is 22.8 Å². The normalized spacial score (nSPS) is 15.2. The molecule has 136 valence electrons. The van der Waals surface area contributed by atoms with Gasteiger partial charge in [-0.15, -0.1) is 0 Å². The van der Waals surface area contributed by atoms with E-state index in [4.69, 9.17) is 18.0 Å². The molecule has 23 heavy (non-hydrogen) atoms. The fourth-order valence-corrected chi connectivity index (χ4v) is 5.44. The standard InChI is InChI=1S/C15H34O5Si3/c1-12-14(16)17-15(19-22(6,7)8,20-23(9,10)11)13(2)18-21(3,4)5/h12-13H,1H2,2-11H3. The van der Waals surface area contributed by atoms with E-state index in [-0.39, 0.29) is 0 Å². The van der Waals surface area contributed by atoms with Crippen LogP contribution in [0.1, 0.15) is 6.92 Å². The SMILES string of the molecule is C=CC(=O)OC(O[Si](C)(C)C)(O[Si](C)(C)C)C(C)O[Si](C)(C)C. The first-order valence-electron chi connectivity index (χ1n) is 7.93. The summed E-state index contributed by atoms with van der Waals surface area (Å²) in [6.07, 6.45) is 0.591. The van der Waals surface area contributed by atoms with Crippen molar-refractivity contribution < 1.29 is 22.8 Å². The predicted octanol–water partition coefficient (Wildman–Crippen LogP) is 4.31. The lowest BCUT2D eigenvalue weighted by atomic mass is 10.3. The van der Waals surface area contributed by atoms with Gasteiger partial charge in [0, 0.05) is 6.08 Å². The minimum atomic E-state index is -2.09. The summed E-state index contributed by atoms with van der Waals surface area (Å²) in [5.74, 6) is -2.10. The molecular weight excluding hydrogens is 344 g/mol. The molecule has 0 amide bonds. The summed E-state index contributed by atoms with van der Waals surface area (Å²) in [5.41, 5.74) is 0. The lowest BCUT2D eigenvalue weighted by molar-refractivity contribution is -0.326. The van der Waals surface area contributed by atoms with Gasteiger partial charge >= 0.3 is 11.9 Å². The summed E-state index contributed by atoms with van der Waals surface area (Å²) >= 11 is 0. The molecule has 0 aliphatic carbocycles. The third-order valence-corrected chi connectivity index (χ3v) is 5.19. The molecule has 0 heterocycles. The molecule has 0 aromatic heterocycles. The maximum absolute atomic E-state index is 12.0. The topological polar surface area (TPSA) is 54.0 Å². The van der Waals surface area contributed by atoms with Crippen LogP contribution in [0.2, 0.25) is 58.9 Å². The smallest absolute Gasteiger partial charge is 0.336 e. The van der Waals surface area contributed by atoms with Gasteiger partial charge in [0.1, 0.15) is 6.10 Å². The van der Waals surface area contributed by atoms with E-state index in [0.717, 1.165) is 6.08 Å². The largest absolute Gasteiger partial charge is 0.406 e. The number of esters is 1. The Balaban J connectivity index is 5.89. The first kappa shape index (κ1) is 22.7. The second-order valence-electron chi connectivity index (χ2n) is 8.53. The highest BCUT2D eigenvalue weighted by atomic mass is 28.4. The predicted molar refractivity (Wildman–Crippen MR) is 102 cm³/mol. The Morgan fingerprint density at radius 1 is 0.913 bits per heavy atom. The zero-order valence-electron chi connectivity index (χ0n) is 16.4. The van der Waals surface area contributed by atoms with E-state index in [2.05, 4.69) is 26.2 Å². The van der Waals surface area contributed by atoms with Crippen LogP contribution in [0.4, 0.5) is 0 Å². The highest BCUT2D eigenvalue weighted by Gasteiger charge is 2.50. The van der Waals surface area contributed by atoms with E-state index in [9.17, 15) is 4.79 Å². The third-order valence-electron chi connectivity index (χ3n) is 2.33. The van der Waals surface area contributed by atoms with Gasteiger partial charge in [0.2, 0.25) is 0 Å². The fourth-order valence-electron chi connectivity index (χ4n) is 1.95. The summed E-state index contributed by atoms with van der Waals surface area (Å²) in [6, 6.07) is 0. The third kappa shape index (κ3) is 9.58. The van der Waals surface area contributed by atoms with Crippen molar-refractivity contribution in [2.45, 2.75) is 77.9 Å². The van der Waals surface area contributed by atoms with E-state index >= 15 is 0 Å². The molecule has 0 bridgehead atoms. The van der Waals surface area contributed by atoms with Gasteiger partial charge in [0.05, 0.1) is 0 Å². The molecule has 1 atom stereocenters. The maximum atomic E-state index is 12.0. The zero-order valence-corrected chi connectivity index (χ0v) is 19.4. The second-order valence-corrected chi connectivity index (χ2v) is 21.8. The Kier molecular flexibility index (Phi) is 7.66. The molecule has 0 spiro atoms. The van der Waals surface area contributed by atoms with Crippen molar-refractivity contribution in [3.05, 3.63) is 12.7 Å². The van der Waals surface area contributed by atoms with Gasteiger partial charge < -0.3 is 18.0 Å². The van der Waals surface area contributed by atoms with Gasteiger partial charge in [-0.3, -0.25) is 0 Å². The molecule has 0 aromatic rings. The number of carbonyl (C=O) groups is 1. The second kappa shape index (κ2) is 7.75. The minimum Gasteiger partial charge on any atom is -0.406 e. The molecule has 0 N–H and O–H groups in total. The number of hydrogen-bond donors (Lipinski definition) is 0. The van der Waals surface area contributed by atoms with Crippen LogP contribution in [0.25, 0.3) is 0 Å². The van der Waals surface area contributed by atoms with Gasteiger partial charge in [-0.1, -0.05) is 6.58 Å². The average molecular weight is 379 g/mol. The molecule has 0 aromatic carbocycles. The van der Waals surface area contributed by atoms with Crippen molar-refractivity contribution in [3.8, 4) is 0 Å². The monoisotopic (exact) mass is 378 g/mol. The van der Waals surface area contributed by atoms with Gasteiger partial charge in [-0.25, -0.2) is 4.79 Å². The average Bonchev–Trinajstić information content (AvgIpc) is 2.21. The summed E-state index contributed by atoms with van der Waals surface area (Å²) < 4.78 is 24.3. The van der Waals surface area contributed by atoms with Gasteiger partial charge in [-0.05, 0) is 65.8 Å². The van der Waals surface area contributed by atoms with Crippen LogP contribution in [0, 0.1) is 0 Å². The number of carbonyl (C=O) groups excluding carboxylic acids is 1. The van der Waals surface area contributed by atoms with E-state index < -0.39 is 43.0 Å². The lowest BCUT2D eigenvalue weighted by Crippen LogP contribution is -2.60. The van der Waals surface area contributed by atoms with Crippen molar-refractivity contribution in [1.82, 2.24) is 0 Å². The molecule has 0 aliphatic heterocycles. The van der Waals surface area contributed by atoms with Gasteiger partial charge in [0.25, 0.3) is 0 Å². The molecule has 1 unspecified atom stereocenters. The Labute approximate surface area is 144 Å². The molecule has 0 rings (SSSR count). The quantitative estimate of drug-likeness (QED) is 0.259. The highest BCUT2D eigenvalue weighted by molar-refractivity contribution is 6.71. The number of rotatable bonds is 9. The van der Waals surface area contributed by atoms with Crippen molar-refractivity contribution in [2.75, 3.05) is 0 Å². The summed E-state index contributed by atoms with van der Waals surface area (Å²) in [6.45, 7) is 23.7. The Morgan fingerprint density at radius 2 is 1.30 bits per heavy atom. The lowest BCUT2D eigenvalue weighted by Gasteiger charge is -2.45. The van der Waals surface area contributed by atoms with Crippen molar-refractivity contribution in [1.29, 1.82) is 0 Å². The summed E-state index contributed by atoms with van der Waals surface area (Å²) in [5, 5.41) is 0. The van der Waals surface area contributed by atoms with Crippen LogP contribution in [0.5, 0.6) is 0 Å². The van der Waals surface area contributed by atoms with Crippen molar-refractivity contribution in [2.24, 2.45) is 0 Å². The number of ether oxygens (including phenoxy) is 1. The van der Waals surface area contributed by atoms with Gasteiger partial charge in [0.15, 0.2) is 25.0 Å². The number of hydrogen-bond acceptors (Lipinski definition) is 5. The summed E-state index contributed by atoms with van der Waals surface area (Å²) in [7, 11) is -6.07. The van der Waals surface area contributed by atoms with Crippen LogP contribution in [0.15, 0.2) is 12.7 Å². The van der Waals surface area contributed by atoms with Gasteiger partial charge in [-0.2, -0.15) is 0 Å². The Morgan fingerprint density at radius 3 is 1.57 bits per heavy atom. The first-order chi connectivity index (χ1) is 10.00. The molecular formula is C15H34O5Si3. The first-order valence-corrected chi connectivity index (χ1v) is 18.2. The van der Waals surface area contributed by atoms with E-state index in [1.54, 1.807) is 0 Å². The molecule has 0 aliphatic rings. The molecule has 8 heteroatoms.